The molecule has 3 rings (SSSR count). The van der Waals surface area contributed by atoms with E-state index >= 15 is 0 Å². The summed E-state index contributed by atoms with van der Waals surface area (Å²) < 4.78 is 11.3. The average molecular weight is 461 g/mol. The van der Waals surface area contributed by atoms with E-state index in [0.29, 0.717) is 27.4 Å². The Bertz CT molecular complexity index is 1050. The average Bonchev–Trinajstić information content (AvgIpc) is 2.82. The van der Waals surface area contributed by atoms with Gasteiger partial charge in [0.25, 0.3) is 5.91 Å². The number of nitrogens with one attached hydrogen (secondary N) is 1. The molecule has 170 valence electrons. The van der Waals surface area contributed by atoms with Crippen molar-refractivity contribution in [1.29, 1.82) is 0 Å². The molecule has 0 aliphatic carbocycles. The predicted molar refractivity (Wildman–Crippen MR) is 118 cm³/mol. The summed E-state index contributed by atoms with van der Waals surface area (Å²) in [6.45, 7) is 5.25. The molecule has 1 heterocycles. The number of esters is 1. The molecular weight excluding hydrogens is 436 g/mol. The highest BCUT2D eigenvalue weighted by molar-refractivity contribution is 6.30. The van der Waals surface area contributed by atoms with E-state index in [4.69, 9.17) is 26.8 Å². The first-order chi connectivity index (χ1) is 14.9. The Morgan fingerprint density at radius 3 is 2.62 bits per heavy atom. The van der Waals surface area contributed by atoms with Gasteiger partial charge < -0.3 is 25.6 Å². The molecule has 0 fully saturated rings. The molecule has 4 N–H and O–H groups in total. The van der Waals surface area contributed by atoms with Gasteiger partial charge >= 0.3 is 11.9 Å². The largest absolute Gasteiger partial charge is 0.481 e. The molecule has 1 aliphatic rings. The van der Waals surface area contributed by atoms with Gasteiger partial charge in [0.15, 0.2) is 0 Å². The Morgan fingerprint density at radius 1 is 1.25 bits per heavy atom. The van der Waals surface area contributed by atoms with Crippen LogP contribution in [-0.2, 0) is 23.9 Å². The number of nitrogens with two attached hydrogens (primary N) is 1. The number of carboxylic acid groups (broad SMARTS) is 1. The summed E-state index contributed by atoms with van der Waals surface area (Å²) in [5.41, 5.74) is 7.52. The van der Waals surface area contributed by atoms with E-state index < -0.39 is 48.1 Å². The minimum absolute atomic E-state index is 0.421. The number of fused-ring (bicyclic) bond motifs is 1. The molecule has 0 bridgehead atoms. The lowest BCUT2D eigenvalue weighted by Crippen LogP contribution is -2.32. The standard InChI is InChI=1S/C23H25ClN2O6/c1-23(2,3)32-22(30)19(25)12-5-4-6-13(9-12)20-15-10-14(24)7-8-16(15)26-21(29)17(31-20)11-18(27)28/h4-10,17,19-20H,11,25H2,1-3H3,(H,26,29)(H,27,28). The summed E-state index contributed by atoms with van der Waals surface area (Å²) in [7, 11) is 0. The Balaban J connectivity index is 2.01. The van der Waals surface area contributed by atoms with Crippen molar-refractivity contribution in [3.63, 3.8) is 0 Å². The summed E-state index contributed by atoms with van der Waals surface area (Å²) in [6, 6.07) is 10.7. The van der Waals surface area contributed by atoms with Gasteiger partial charge in [-0.3, -0.25) is 9.59 Å². The number of carbonyl (C=O) groups excluding carboxylic acids is 2. The molecule has 0 radical (unpaired) electrons. The van der Waals surface area contributed by atoms with Gasteiger partial charge in [-0.15, -0.1) is 0 Å². The maximum Gasteiger partial charge on any atom is 0.328 e. The predicted octanol–water partition coefficient (Wildman–Crippen LogP) is 3.58. The SMILES string of the molecule is CC(C)(C)OC(=O)C(N)c1cccc(C2OC(CC(=O)O)C(=O)Nc3ccc(Cl)cc32)c1. The zero-order valence-electron chi connectivity index (χ0n) is 17.9. The molecule has 9 heteroatoms. The van der Waals surface area contributed by atoms with E-state index in [9.17, 15) is 19.5 Å². The fraction of sp³-hybridized carbons (Fsp3) is 0.348. The monoisotopic (exact) mass is 460 g/mol. The van der Waals surface area contributed by atoms with Crippen LogP contribution in [0, 0.1) is 0 Å². The van der Waals surface area contributed by atoms with Crippen molar-refractivity contribution < 1.29 is 29.0 Å². The Hall–Kier alpha value is -2.94. The molecule has 1 amide bonds. The van der Waals surface area contributed by atoms with Crippen molar-refractivity contribution in [3.05, 3.63) is 64.2 Å². The van der Waals surface area contributed by atoms with Gasteiger partial charge in [-0.05, 0) is 50.1 Å². The van der Waals surface area contributed by atoms with Crippen LogP contribution in [0.4, 0.5) is 5.69 Å². The second-order valence-corrected chi connectivity index (χ2v) is 8.94. The van der Waals surface area contributed by atoms with Crippen LogP contribution in [0.3, 0.4) is 0 Å². The molecule has 0 spiro atoms. The van der Waals surface area contributed by atoms with Gasteiger partial charge in [0, 0.05) is 16.3 Å². The minimum Gasteiger partial charge on any atom is -0.481 e. The summed E-state index contributed by atoms with van der Waals surface area (Å²) in [4.78, 5) is 36.3. The van der Waals surface area contributed by atoms with E-state index in [1.54, 1.807) is 63.2 Å². The fourth-order valence-corrected chi connectivity index (χ4v) is 3.53. The van der Waals surface area contributed by atoms with Gasteiger partial charge in [-0.2, -0.15) is 0 Å². The van der Waals surface area contributed by atoms with Gasteiger partial charge in [0.2, 0.25) is 0 Å². The Kier molecular flexibility index (Phi) is 6.88. The summed E-state index contributed by atoms with van der Waals surface area (Å²) in [5.74, 6) is -2.32. The van der Waals surface area contributed by atoms with Gasteiger partial charge in [-0.1, -0.05) is 35.9 Å². The summed E-state index contributed by atoms with van der Waals surface area (Å²) in [6.07, 6.45) is -2.56. The van der Waals surface area contributed by atoms with Crippen LogP contribution in [0.1, 0.15) is 56.0 Å². The Labute approximate surface area is 190 Å². The Morgan fingerprint density at radius 2 is 1.97 bits per heavy atom. The van der Waals surface area contributed by atoms with Crippen LogP contribution in [0.25, 0.3) is 0 Å². The third-order valence-electron chi connectivity index (χ3n) is 4.74. The lowest BCUT2D eigenvalue weighted by Gasteiger charge is -2.24. The van der Waals surface area contributed by atoms with E-state index in [1.807, 2.05) is 0 Å². The van der Waals surface area contributed by atoms with Crippen LogP contribution in [0.2, 0.25) is 5.02 Å². The molecule has 1 aliphatic heterocycles. The second-order valence-electron chi connectivity index (χ2n) is 8.50. The molecule has 3 atom stereocenters. The number of carbonyl (C=O) groups is 3. The first-order valence-electron chi connectivity index (χ1n) is 10.0. The normalized spacial score (nSPS) is 19.3. The molecular formula is C23H25ClN2O6. The minimum atomic E-state index is -1.23. The van der Waals surface area contributed by atoms with Crippen LogP contribution in [-0.4, -0.2) is 34.7 Å². The zero-order chi connectivity index (χ0) is 23.6. The number of carboxylic acids is 1. The van der Waals surface area contributed by atoms with E-state index in [-0.39, 0.29) is 0 Å². The van der Waals surface area contributed by atoms with E-state index in [1.165, 1.54) is 0 Å². The third kappa shape index (κ3) is 5.64. The van der Waals surface area contributed by atoms with Gasteiger partial charge in [0.1, 0.15) is 23.9 Å². The summed E-state index contributed by atoms with van der Waals surface area (Å²) in [5, 5.41) is 12.3. The number of amides is 1. The number of anilines is 1. The number of benzene rings is 2. The maximum absolute atomic E-state index is 12.6. The highest BCUT2D eigenvalue weighted by Crippen LogP contribution is 2.38. The van der Waals surface area contributed by atoms with Crippen LogP contribution in [0.5, 0.6) is 0 Å². The zero-order valence-corrected chi connectivity index (χ0v) is 18.7. The fourth-order valence-electron chi connectivity index (χ4n) is 3.35. The van der Waals surface area contributed by atoms with E-state index in [0.717, 1.165) is 0 Å². The molecule has 3 unspecified atom stereocenters. The molecule has 2 aromatic carbocycles. The van der Waals surface area contributed by atoms with Crippen LogP contribution < -0.4 is 11.1 Å². The maximum atomic E-state index is 12.6. The van der Waals surface area contributed by atoms with Crippen molar-refractivity contribution in [2.45, 2.75) is 51.0 Å². The molecule has 32 heavy (non-hydrogen) atoms. The van der Waals surface area contributed by atoms with Crippen LogP contribution in [0.15, 0.2) is 42.5 Å². The molecule has 8 nitrogen and oxygen atoms in total. The van der Waals surface area contributed by atoms with Crippen molar-refractivity contribution in [1.82, 2.24) is 0 Å². The number of hydrogen-bond acceptors (Lipinski definition) is 6. The number of ether oxygens (including phenoxy) is 2. The number of aliphatic carboxylic acids is 1. The number of halogens is 1. The molecule has 0 aromatic heterocycles. The highest BCUT2D eigenvalue weighted by Gasteiger charge is 2.34. The lowest BCUT2D eigenvalue weighted by atomic mass is 9.96. The smallest absolute Gasteiger partial charge is 0.328 e. The second kappa shape index (κ2) is 9.28. The molecule has 0 saturated heterocycles. The lowest BCUT2D eigenvalue weighted by molar-refractivity contribution is -0.156. The number of hydrogen-bond donors (Lipinski definition) is 3. The number of rotatable bonds is 5. The van der Waals surface area contributed by atoms with E-state index in [2.05, 4.69) is 5.32 Å². The van der Waals surface area contributed by atoms with Gasteiger partial charge in [0.05, 0.1) is 6.42 Å². The van der Waals surface area contributed by atoms with Crippen molar-refractivity contribution in [3.8, 4) is 0 Å². The third-order valence-corrected chi connectivity index (χ3v) is 4.98. The topological polar surface area (TPSA) is 128 Å². The molecule has 2 aromatic rings. The van der Waals surface area contributed by atoms with Crippen molar-refractivity contribution in [2.24, 2.45) is 5.73 Å². The molecule has 0 saturated carbocycles. The first-order valence-corrected chi connectivity index (χ1v) is 10.4. The van der Waals surface area contributed by atoms with Crippen molar-refractivity contribution in [2.75, 3.05) is 5.32 Å². The van der Waals surface area contributed by atoms with Crippen LogP contribution >= 0.6 is 11.6 Å². The van der Waals surface area contributed by atoms with Gasteiger partial charge in [-0.25, -0.2) is 4.79 Å². The summed E-state index contributed by atoms with van der Waals surface area (Å²) >= 11 is 6.18. The highest BCUT2D eigenvalue weighted by atomic mass is 35.5. The quantitative estimate of drug-likeness (QED) is 0.581. The van der Waals surface area contributed by atoms with Crippen molar-refractivity contribution >= 4 is 35.1 Å². The first kappa shape index (κ1) is 23.7.